The number of nitrogens with zero attached hydrogens (tertiary/aromatic N) is 3. The van der Waals surface area contributed by atoms with Gasteiger partial charge in [-0.05, 0) is 37.8 Å². The molecule has 2 fully saturated rings. The molecule has 0 radical (unpaired) electrons. The first-order chi connectivity index (χ1) is 14.7. The fourth-order valence-electron chi connectivity index (χ4n) is 4.29. The maximum absolute atomic E-state index is 5.73. The maximum atomic E-state index is 5.73. The quantitative estimate of drug-likeness (QED) is 0.211. The lowest BCUT2D eigenvalue weighted by atomic mass is 10.1. The first-order valence-electron chi connectivity index (χ1n) is 11.2. The first-order valence-corrected chi connectivity index (χ1v) is 11.2. The molecule has 7 nitrogen and oxygen atoms in total. The third-order valence-electron chi connectivity index (χ3n) is 5.92. The minimum atomic E-state index is 0. The second kappa shape index (κ2) is 14.0. The van der Waals surface area contributed by atoms with Gasteiger partial charge in [-0.2, -0.15) is 0 Å². The summed E-state index contributed by atoms with van der Waals surface area (Å²) in [5.41, 5.74) is 1.19. The Hall–Kier alpha value is -1.26. The fourth-order valence-corrected chi connectivity index (χ4v) is 4.29. The molecule has 0 bridgehead atoms. The van der Waals surface area contributed by atoms with Crippen molar-refractivity contribution in [1.29, 1.82) is 0 Å². The SMILES string of the molecule is CCNC(=NCC1CCN(c2ccccc2OC)C1)N1CCC(COCCOC)C1.I. The average Bonchev–Trinajstić information content (AvgIpc) is 3.44. The highest BCUT2D eigenvalue weighted by Crippen LogP contribution is 2.32. The van der Waals surface area contributed by atoms with Crippen molar-refractivity contribution in [3.8, 4) is 5.75 Å². The predicted molar refractivity (Wildman–Crippen MR) is 137 cm³/mol. The summed E-state index contributed by atoms with van der Waals surface area (Å²) in [7, 11) is 3.45. The number of likely N-dealkylation sites (tertiary alicyclic amines) is 1. The van der Waals surface area contributed by atoms with Crippen molar-refractivity contribution >= 4 is 35.6 Å². The van der Waals surface area contributed by atoms with Gasteiger partial charge in [0, 0.05) is 52.3 Å². The minimum absolute atomic E-state index is 0. The number of rotatable bonds is 10. The number of hydrogen-bond donors (Lipinski definition) is 1. The van der Waals surface area contributed by atoms with Gasteiger partial charge in [-0.15, -0.1) is 24.0 Å². The van der Waals surface area contributed by atoms with E-state index in [1.165, 1.54) is 5.69 Å². The van der Waals surface area contributed by atoms with Gasteiger partial charge >= 0.3 is 0 Å². The summed E-state index contributed by atoms with van der Waals surface area (Å²) < 4.78 is 16.3. The van der Waals surface area contributed by atoms with Crippen LogP contribution in [-0.2, 0) is 9.47 Å². The Labute approximate surface area is 204 Å². The van der Waals surface area contributed by atoms with E-state index in [1.54, 1.807) is 14.2 Å². The molecule has 0 amide bonds. The predicted octanol–water partition coefficient (Wildman–Crippen LogP) is 3.09. The number of guanidine groups is 1. The number of hydrogen-bond acceptors (Lipinski definition) is 5. The maximum Gasteiger partial charge on any atom is 0.193 e. The van der Waals surface area contributed by atoms with Crippen LogP contribution in [0.25, 0.3) is 0 Å². The second-order valence-corrected chi connectivity index (χ2v) is 8.14. The largest absolute Gasteiger partial charge is 0.495 e. The van der Waals surface area contributed by atoms with E-state index >= 15 is 0 Å². The highest BCUT2D eigenvalue weighted by molar-refractivity contribution is 14.0. The van der Waals surface area contributed by atoms with Crippen molar-refractivity contribution < 1.29 is 14.2 Å². The Morgan fingerprint density at radius 1 is 1.10 bits per heavy atom. The van der Waals surface area contributed by atoms with Crippen molar-refractivity contribution in [2.45, 2.75) is 19.8 Å². The summed E-state index contributed by atoms with van der Waals surface area (Å²) in [6.45, 7) is 10.2. The molecule has 1 N–H and O–H groups in total. The molecule has 2 atom stereocenters. The Kier molecular flexibility index (Phi) is 11.7. The number of anilines is 1. The molecule has 2 saturated heterocycles. The zero-order chi connectivity index (χ0) is 21.2. The molecule has 0 aromatic heterocycles. The van der Waals surface area contributed by atoms with Gasteiger partial charge in [0.05, 0.1) is 32.6 Å². The summed E-state index contributed by atoms with van der Waals surface area (Å²) in [6, 6.07) is 8.28. The summed E-state index contributed by atoms with van der Waals surface area (Å²) >= 11 is 0. The molecule has 2 heterocycles. The Bertz CT molecular complexity index is 676. The molecule has 0 saturated carbocycles. The van der Waals surface area contributed by atoms with E-state index in [2.05, 4.69) is 34.2 Å². The van der Waals surface area contributed by atoms with Gasteiger partial charge in [0.2, 0.25) is 0 Å². The van der Waals surface area contributed by atoms with E-state index in [1.807, 2.05) is 12.1 Å². The van der Waals surface area contributed by atoms with Crippen LogP contribution in [0.4, 0.5) is 5.69 Å². The van der Waals surface area contributed by atoms with E-state index in [4.69, 9.17) is 19.2 Å². The van der Waals surface area contributed by atoms with Crippen LogP contribution in [0.2, 0.25) is 0 Å². The number of halogens is 1. The topological polar surface area (TPSA) is 58.6 Å². The normalized spacial score (nSPS) is 21.3. The summed E-state index contributed by atoms with van der Waals surface area (Å²) in [6.07, 6.45) is 2.32. The van der Waals surface area contributed by atoms with Crippen LogP contribution in [0.15, 0.2) is 29.3 Å². The standard InChI is InChI=1S/C23H38N4O3.HI/c1-4-24-23(27-12-10-20(17-27)18-30-14-13-28-2)25-15-19-9-11-26(16-19)21-7-5-6-8-22(21)29-3;/h5-8,19-20H,4,9-18H2,1-3H3,(H,24,25);1H. The van der Waals surface area contributed by atoms with E-state index < -0.39 is 0 Å². The van der Waals surface area contributed by atoms with Gasteiger partial charge in [-0.1, -0.05) is 12.1 Å². The van der Waals surface area contributed by atoms with Crippen molar-refractivity contribution in [3.63, 3.8) is 0 Å². The zero-order valence-corrected chi connectivity index (χ0v) is 21.5. The van der Waals surface area contributed by atoms with Crippen molar-refractivity contribution in [1.82, 2.24) is 10.2 Å². The number of benzene rings is 1. The molecule has 0 aliphatic carbocycles. The van der Waals surface area contributed by atoms with Crippen LogP contribution in [0, 0.1) is 11.8 Å². The molecular formula is C23H39IN4O3. The molecule has 3 rings (SSSR count). The number of aliphatic imine (C=N–C) groups is 1. The third kappa shape index (κ3) is 7.68. The van der Waals surface area contributed by atoms with Crippen LogP contribution in [0.5, 0.6) is 5.75 Å². The van der Waals surface area contributed by atoms with Crippen LogP contribution >= 0.6 is 24.0 Å². The number of para-hydroxylation sites is 2. The van der Waals surface area contributed by atoms with E-state index in [9.17, 15) is 0 Å². The molecule has 31 heavy (non-hydrogen) atoms. The van der Waals surface area contributed by atoms with Crippen LogP contribution in [0.1, 0.15) is 19.8 Å². The molecule has 2 aliphatic heterocycles. The zero-order valence-electron chi connectivity index (χ0n) is 19.2. The van der Waals surface area contributed by atoms with E-state index in [0.29, 0.717) is 25.0 Å². The molecule has 0 spiro atoms. The van der Waals surface area contributed by atoms with Gasteiger partial charge in [0.15, 0.2) is 5.96 Å². The van der Waals surface area contributed by atoms with Gasteiger partial charge in [0.25, 0.3) is 0 Å². The van der Waals surface area contributed by atoms with Crippen LogP contribution < -0.4 is 15.0 Å². The van der Waals surface area contributed by atoms with Gasteiger partial charge in [-0.25, -0.2) is 0 Å². The van der Waals surface area contributed by atoms with Crippen molar-refractivity contribution in [2.24, 2.45) is 16.8 Å². The number of ether oxygens (including phenoxy) is 3. The number of methoxy groups -OCH3 is 2. The fraction of sp³-hybridized carbons (Fsp3) is 0.696. The van der Waals surface area contributed by atoms with Gasteiger partial charge < -0.3 is 29.3 Å². The molecular weight excluding hydrogens is 507 g/mol. The second-order valence-electron chi connectivity index (χ2n) is 8.14. The monoisotopic (exact) mass is 546 g/mol. The third-order valence-corrected chi connectivity index (χ3v) is 5.92. The van der Waals surface area contributed by atoms with Crippen molar-refractivity contribution in [3.05, 3.63) is 24.3 Å². The highest BCUT2D eigenvalue weighted by Gasteiger charge is 2.27. The molecule has 2 unspecified atom stereocenters. The summed E-state index contributed by atoms with van der Waals surface area (Å²) in [5, 5.41) is 3.49. The van der Waals surface area contributed by atoms with Gasteiger partial charge in [0.1, 0.15) is 5.75 Å². The molecule has 2 aliphatic rings. The lowest BCUT2D eigenvalue weighted by Gasteiger charge is -2.23. The average molecular weight is 546 g/mol. The molecule has 8 heteroatoms. The lowest BCUT2D eigenvalue weighted by molar-refractivity contribution is 0.0536. The highest BCUT2D eigenvalue weighted by atomic mass is 127. The van der Waals surface area contributed by atoms with Crippen LogP contribution in [-0.4, -0.2) is 84.2 Å². The van der Waals surface area contributed by atoms with E-state index in [-0.39, 0.29) is 24.0 Å². The van der Waals surface area contributed by atoms with Crippen LogP contribution in [0.3, 0.4) is 0 Å². The molecule has 1 aromatic carbocycles. The minimum Gasteiger partial charge on any atom is -0.495 e. The molecule has 1 aromatic rings. The van der Waals surface area contributed by atoms with E-state index in [0.717, 1.165) is 70.4 Å². The first kappa shape index (κ1) is 26.0. The summed E-state index contributed by atoms with van der Waals surface area (Å²) in [4.78, 5) is 9.82. The summed E-state index contributed by atoms with van der Waals surface area (Å²) in [5.74, 6) is 3.14. The molecule has 176 valence electrons. The van der Waals surface area contributed by atoms with Gasteiger partial charge in [-0.3, -0.25) is 4.99 Å². The smallest absolute Gasteiger partial charge is 0.193 e. The van der Waals surface area contributed by atoms with Crippen molar-refractivity contribution in [2.75, 3.05) is 78.2 Å². The Balaban J connectivity index is 0.00000341. The number of nitrogens with one attached hydrogen (secondary N) is 1. The Morgan fingerprint density at radius 3 is 2.68 bits per heavy atom. The Morgan fingerprint density at radius 2 is 1.90 bits per heavy atom. The lowest BCUT2D eigenvalue weighted by Crippen LogP contribution is -2.40.